The first kappa shape index (κ1) is 21.4. The van der Waals surface area contributed by atoms with Crippen LogP contribution in [0.25, 0.3) is 0 Å². The summed E-state index contributed by atoms with van der Waals surface area (Å²) < 4.78 is 59.3. The van der Waals surface area contributed by atoms with Crippen molar-refractivity contribution in [2.45, 2.75) is 24.3 Å². The van der Waals surface area contributed by atoms with Crippen LogP contribution in [0.5, 0.6) is 0 Å². The van der Waals surface area contributed by atoms with E-state index in [9.17, 15) is 22.0 Å². The Morgan fingerprint density at radius 1 is 1.10 bits per heavy atom. The highest BCUT2D eigenvalue weighted by Crippen LogP contribution is 2.18. The first-order valence-electron chi connectivity index (χ1n) is 9.21. The number of morpholine rings is 1. The van der Waals surface area contributed by atoms with Crippen LogP contribution in [-0.2, 0) is 21.2 Å². The maximum absolute atomic E-state index is 13.8. The molecule has 2 aromatic carbocycles. The number of amides is 1. The van der Waals surface area contributed by atoms with E-state index in [2.05, 4.69) is 5.32 Å². The smallest absolute Gasteiger partial charge is 0.251 e. The van der Waals surface area contributed by atoms with Gasteiger partial charge in [0.15, 0.2) is 0 Å². The normalized spacial score (nSPS) is 16.4. The molecule has 1 saturated heterocycles. The van der Waals surface area contributed by atoms with E-state index in [0.29, 0.717) is 13.2 Å². The third-order valence-electron chi connectivity index (χ3n) is 4.67. The Balaban J connectivity index is 1.65. The van der Waals surface area contributed by atoms with Crippen molar-refractivity contribution >= 4 is 15.9 Å². The van der Waals surface area contributed by atoms with Crippen LogP contribution in [0.1, 0.15) is 22.8 Å². The molecule has 1 N–H and O–H groups in total. The molecule has 1 aliphatic heterocycles. The van der Waals surface area contributed by atoms with E-state index in [-0.39, 0.29) is 35.5 Å². The number of nitrogens with zero attached hydrogens (tertiary/aromatic N) is 1. The molecule has 2 aromatic rings. The zero-order chi connectivity index (χ0) is 21.0. The standard InChI is InChI=1S/C20H22F2N2O4S/c1-14(13-17-18(21)3-2-4-19(17)22)23-20(25)15-5-7-16(8-6-15)29(26,27)24-9-11-28-12-10-24/h2-8,14H,9-13H2,1H3,(H,23,25). The van der Waals surface area contributed by atoms with E-state index in [1.54, 1.807) is 6.92 Å². The SMILES string of the molecule is CC(Cc1c(F)cccc1F)NC(=O)c1ccc(S(=O)(=O)N2CCOCC2)cc1. The van der Waals surface area contributed by atoms with E-state index >= 15 is 0 Å². The van der Waals surface area contributed by atoms with Gasteiger partial charge in [0.05, 0.1) is 18.1 Å². The summed E-state index contributed by atoms with van der Waals surface area (Å²) in [7, 11) is -3.64. The molecular formula is C20H22F2N2O4S. The zero-order valence-electron chi connectivity index (χ0n) is 15.9. The van der Waals surface area contributed by atoms with Crippen molar-refractivity contribution in [2.75, 3.05) is 26.3 Å². The van der Waals surface area contributed by atoms with Crippen LogP contribution in [0, 0.1) is 11.6 Å². The van der Waals surface area contributed by atoms with Gasteiger partial charge in [-0.05, 0) is 49.7 Å². The number of carbonyl (C=O) groups excluding carboxylic acids is 1. The van der Waals surface area contributed by atoms with Gasteiger partial charge < -0.3 is 10.1 Å². The molecule has 3 rings (SSSR count). The second-order valence-electron chi connectivity index (χ2n) is 6.82. The van der Waals surface area contributed by atoms with E-state index in [1.807, 2.05) is 0 Å². The number of carbonyl (C=O) groups is 1. The molecule has 6 nitrogen and oxygen atoms in total. The minimum atomic E-state index is -3.64. The minimum absolute atomic E-state index is 0.00621. The van der Waals surface area contributed by atoms with Gasteiger partial charge in [-0.2, -0.15) is 4.31 Å². The summed E-state index contributed by atoms with van der Waals surface area (Å²) in [6.45, 7) is 2.91. The lowest BCUT2D eigenvalue weighted by Crippen LogP contribution is -2.40. The van der Waals surface area contributed by atoms with Crippen molar-refractivity contribution in [1.29, 1.82) is 0 Å². The van der Waals surface area contributed by atoms with Crippen LogP contribution < -0.4 is 5.32 Å². The molecule has 1 fully saturated rings. The summed E-state index contributed by atoms with van der Waals surface area (Å²) in [5.74, 6) is -1.78. The Morgan fingerprint density at radius 2 is 1.69 bits per heavy atom. The maximum Gasteiger partial charge on any atom is 0.251 e. The topological polar surface area (TPSA) is 75.7 Å². The van der Waals surface area contributed by atoms with Crippen molar-refractivity contribution in [3.63, 3.8) is 0 Å². The fourth-order valence-electron chi connectivity index (χ4n) is 3.11. The van der Waals surface area contributed by atoms with Gasteiger partial charge in [-0.25, -0.2) is 17.2 Å². The highest BCUT2D eigenvalue weighted by Gasteiger charge is 2.26. The molecular weight excluding hydrogens is 402 g/mol. The first-order chi connectivity index (χ1) is 13.8. The van der Waals surface area contributed by atoms with Crippen LogP contribution in [0.15, 0.2) is 47.4 Å². The number of sulfonamides is 1. The summed E-state index contributed by atoms with van der Waals surface area (Å²) in [4.78, 5) is 12.5. The number of rotatable bonds is 6. The third kappa shape index (κ3) is 4.98. The van der Waals surface area contributed by atoms with Gasteiger partial charge >= 0.3 is 0 Å². The van der Waals surface area contributed by atoms with Gasteiger partial charge in [0, 0.05) is 30.3 Å². The predicted octanol–water partition coefficient (Wildman–Crippen LogP) is 2.35. The largest absolute Gasteiger partial charge is 0.379 e. The molecule has 1 heterocycles. The van der Waals surface area contributed by atoms with Crippen LogP contribution in [0.4, 0.5) is 8.78 Å². The molecule has 0 aromatic heterocycles. The van der Waals surface area contributed by atoms with Gasteiger partial charge in [-0.1, -0.05) is 6.07 Å². The fraction of sp³-hybridized carbons (Fsp3) is 0.350. The molecule has 0 radical (unpaired) electrons. The number of hydrogen-bond donors (Lipinski definition) is 1. The fourth-order valence-corrected chi connectivity index (χ4v) is 4.51. The molecule has 0 saturated carbocycles. The summed E-state index contributed by atoms with van der Waals surface area (Å²) >= 11 is 0. The molecule has 156 valence electrons. The number of hydrogen-bond acceptors (Lipinski definition) is 4. The predicted molar refractivity (Wildman–Crippen MR) is 103 cm³/mol. The van der Waals surface area contributed by atoms with Crippen molar-refractivity contribution in [3.8, 4) is 0 Å². The number of halogens is 2. The second-order valence-corrected chi connectivity index (χ2v) is 8.76. The lowest BCUT2D eigenvalue weighted by molar-refractivity contribution is 0.0730. The number of ether oxygens (including phenoxy) is 1. The van der Waals surface area contributed by atoms with E-state index in [4.69, 9.17) is 4.74 Å². The minimum Gasteiger partial charge on any atom is -0.379 e. The highest BCUT2D eigenvalue weighted by atomic mass is 32.2. The monoisotopic (exact) mass is 424 g/mol. The molecule has 29 heavy (non-hydrogen) atoms. The molecule has 1 aliphatic rings. The van der Waals surface area contributed by atoms with Gasteiger partial charge in [0.25, 0.3) is 5.91 Å². The second kappa shape index (κ2) is 8.98. The van der Waals surface area contributed by atoms with Crippen molar-refractivity contribution in [2.24, 2.45) is 0 Å². The quantitative estimate of drug-likeness (QED) is 0.773. The van der Waals surface area contributed by atoms with Gasteiger partial charge in [-0.3, -0.25) is 4.79 Å². The van der Waals surface area contributed by atoms with Crippen LogP contribution in [0.3, 0.4) is 0 Å². The van der Waals surface area contributed by atoms with E-state index in [0.717, 1.165) is 0 Å². The van der Waals surface area contributed by atoms with Crippen molar-refractivity contribution < 1.29 is 26.7 Å². The molecule has 0 bridgehead atoms. The van der Waals surface area contributed by atoms with Crippen LogP contribution in [0.2, 0.25) is 0 Å². The maximum atomic E-state index is 13.8. The van der Waals surface area contributed by atoms with Gasteiger partial charge in [0.2, 0.25) is 10.0 Å². The summed E-state index contributed by atoms with van der Waals surface area (Å²) in [5, 5.41) is 2.67. The number of nitrogens with one attached hydrogen (secondary N) is 1. The Bertz CT molecular complexity index is 954. The lowest BCUT2D eigenvalue weighted by Gasteiger charge is -2.26. The van der Waals surface area contributed by atoms with Crippen LogP contribution in [-0.4, -0.2) is 51.0 Å². The van der Waals surface area contributed by atoms with Gasteiger partial charge in [-0.15, -0.1) is 0 Å². The number of benzene rings is 2. The van der Waals surface area contributed by atoms with E-state index < -0.39 is 33.6 Å². The average Bonchev–Trinajstić information content (AvgIpc) is 2.71. The molecule has 0 aliphatic carbocycles. The lowest BCUT2D eigenvalue weighted by atomic mass is 10.1. The first-order valence-corrected chi connectivity index (χ1v) is 10.6. The Hall–Kier alpha value is -2.36. The summed E-state index contributed by atoms with van der Waals surface area (Å²) in [5.41, 5.74) is 0.166. The van der Waals surface area contributed by atoms with E-state index in [1.165, 1.54) is 46.8 Å². The molecule has 1 unspecified atom stereocenters. The van der Waals surface area contributed by atoms with Crippen LogP contribution >= 0.6 is 0 Å². The molecule has 1 atom stereocenters. The summed E-state index contributed by atoms with van der Waals surface area (Å²) in [6, 6.07) is 8.68. The van der Waals surface area contributed by atoms with Gasteiger partial charge in [0.1, 0.15) is 11.6 Å². The Kier molecular flexibility index (Phi) is 6.61. The Morgan fingerprint density at radius 3 is 2.28 bits per heavy atom. The summed E-state index contributed by atoms with van der Waals surface area (Å²) in [6.07, 6.45) is -0.00621. The average molecular weight is 424 g/mol. The van der Waals surface area contributed by atoms with Crippen molar-refractivity contribution in [3.05, 3.63) is 65.2 Å². The molecule has 1 amide bonds. The highest BCUT2D eigenvalue weighted by molar-refractivity contribution is 7.89. The molecule has 9 heteroatoms. The Labute approximate surface area is 168 Å². The third-order valence-corrected chi connectivity index (χ3v) is 6.59. The molecule has 0 spiro atoms. The van der Waals surface area contributed by atoms with Crippen molar-refractivity contribution in [1.82, 2.24) is 9.62 Å². The zero-order valence-corrected chi connectivity index (χ0v) is 16.7.